The maximum absolute atomic E-state index is 5.92. The molecule has 0 saturated heterocycles. The Bertz CT molecular complexity index is 1030. The van der Waals surface area contributed by atoms with Gasteiger partial charge in [0, 0.05) is 16.6 Å². The first-order valence-electron chi connectivity index (χ1n) is 8.03. The van der Waals surface area contributed by atoms with Gasteiger partial charge in [0.2, 0.25) is 10.1 Å². The first kappa shape index (κ1) is 16.8. The second-order valence-corrected chi connectivity index (χ2v) is 7.18. The van der Waals surface area contributed by atoms with Crippen molar-refractivity contribution in [1.29, 1.82) is 0 Å². The van der Waals surface area contributed by atoms with E-state index in [2.05, 4.69) is 27.5 Å². The van der Waals surface area contributed by atoms with Gasteiger partial charge in [0.05, 0.1) is 7.11 Å². The lowest BCUT2D eigenvalue weighted by molar-refractivity contribution is 0.414. The summed E-state index contributed by atoms with van der Waals surface area (Å²) in [5.41, 5.74) is 2.05. The average Bonchev–Trinajstić information content (AvgIpc) is 3.23. The summed E-state index contributed by atoms with van der Waals surface area (Å²) in [6.07, 6.45) is 0. The number of benzene rings is 2. The zero-order chi connectivity index (χ0) is 18.1. The van der Waals surface area contributed by atoms with Gasteiger partial charge in [-0.05, 0) is 42.0 Å². The zero-order valence-corrected chi connectivity index (χ0v) is 15.8. The highest BCUT2D eigenvalue weighted by Gasteiger charge is 2.19. The van der Waals surface area contributed by atoms with Crippen LogP contribution in [0.25, 0.3) is 4.96 Å². The molecule has 0 saturated carbocycles. The molecule has 4 aromatic rings. The van der Waals surface area contributed by atoms with Crippen molar-refractivity contribution < 1.29 is 4.74 Å². The minimum absolute atomic E-state index is 0.0568. The Morgan fingerprint density at radius 3 is 2.50 bits per heavy atom. The number of fused-ring (bicyclic) bond motifs is 1. The number of nitrogens with zero attached hydrogens (tertiary/aromatic N) is 4. The van der Waals surface area contributed by atoms with Crippen LogP contribution in [0, 0.1) is 0 Å². The average molecular weight is 386 g/mol. The topological polar surface area (TPSA) is 64.3 Å². The van der Waals surface area contributed by atoms with Gasteiger partial charge in [-0.15, -0.1) is 15.3 Å². The van der Waals surface area contributed by atoms with E-state index in [-0.39, 0.29) is 5.92 Å². The van der Waals surface area contributed by atoms with Crippen LogP contribution in [-0.4, -0.2) is 26.9 Å². The van der Waals surface area contributed by atoms with Crippen LogP contribution < -0.4 is 10.1 Å². The molecule has 1 N–H and O–H groups in total. The second kappa shape index (κ2) is 6.93. The van der Waals surface area contributed by atoms with E-state index in [1.807, 2.05) is 48.5 Å². The summed E-state index contributed by atoms with van der Waals surface area (Å²) in [7, 11) is 1.66. The highest BCUT2D eigenvalue weighted by atomic mass is 35.5. The van der Waals surface area contributed by atoms with E-state index in [9.17, 15) is 0 Å². The first-order chi connectivity index (χ1) is 12.6. The number of rotatable bonds is 5. The lowest BCUT2D eigenvalue weighted by atomic mass is 10.0. The standard InChI is InChI=1S/C18H16ClN5OS/c1-11(12-3-9-15(25-2)10-4-12)16-21-22-18-24(16)23-17(26-18)20-14-7-5-13(19)6-8-14/h3-11H,1-2H3,(H,20,23). The third-order valence-corrected chi connectivity index (χ3v) is 5.18. The van der Waals surface area contributed by atoms with Crippen molar-refractivity contribution in [3.63, 3.8) is 0 Å². The molecule has 0 spiro atoms. The van der Waals surface area contributed by atoms with E-state index in [0.717, 1.165) is 32.9 Å². The minimum atomic E-state index is 0.0568. The number of ether oxygens (including phenoxy) is 1. The molecule has 0 fully saturated rings. The third-order valence-electron chi connectivity index (χ3n) is 4.11. The van der Waals surface area contributed by atoms with Crippen LogP contribution in [0.2, 0.25) is 5.02 Å². The number of hydrogen-bond acceptors (Lipinski definition) is 6. The Morgan fingerprint density at radius 1 is 1.08 bits per heavy atom. The molecule has 1 unspecified atom stereocenters. The van der Waals surface area contributed by atoms with Gasteiger partial charge < -0.3 is 10.1 Å². The van der Waals surface area contributed by atoms with Crippen LogP contribution in [0.4, 0.5) is 10.8 Å². The number of hydrogen-bond donors (Lipinski definition) is 1. The molecule has 1 atom stereocenters. The number of aromatic nitrogens is 4. The molecule has 4 rings (SSSR count). The van der Waals surface area contributed by atoms with Crippen LogP contribution in [0.1, 0.15) is 24.2 Å². The largest absolute Gasteiger partial charge is 0.497 e. The Balaban J connectivity index is 1.61. The van der Waals surface area contributed by atoms with Gasteiger partial charge >= 0.3 is 0 Å². The van der Waals surface area contributed by atoms with Crippen molar-refractivity contribution in [2.45, 2.75) is 12.8 Å². The smallest absolute Gasteiger partial charge is 0.236 e. The van der Waals surface area contributed by atoms with E-state index in [1.165, 1.54) is 11.3 Å². The Kier molecular flexibility index (Phi) is 4.48. The molecule has 0 radical (unpaired) electrons. The second-order valence-electron chi connectivity index (χ2n) is 5.79. The number of halogens is 1. The fourth-order valence-electron chi connectivity index (χ4n) is 2.65. The van der Waals surface area contributed by atoms with Crippen molar-refractivity contribution in [3.05, 3.63) is 64.9 Å². The molecule has 26 heavy (non-hydrogen) atoms. The number of anilines is 2. The Hall–Kier alpha value is -2.64. The van der Waals surface area contributed by atoms with Crippen LogP contribution in [0.15, 0.2) is 48.5 Å². The lowest BCUT2D eigenvalue weighted by Crippen LogP contribution is -2.04. The molecule has 0 amide bonds. The summed E-state index contributed by atoms with van der Waals surface area (Å²) in [4.78, 5) is 0.747. The third kappa shape index (κ3) is 3.23. The quantitative estimate of drug-likeness (QED) is 0.537. The molecular weight excluding hydrogens is 370 g/mol. The predicted molar refractivity (Wildman–Crippen MR) is 104 cm³/mol. The normalized spacial score (nSPS) is 12.3. The molecule has 6 nitrogen and oxygen atoms in total. The predicted octanol–water partition coefficient (Wildman–Crippen LogP) is 4.74. The van der Waals surface area contributed by atoms with E-state index in [4.69, 9.17) is 16.3 Å². The van der Waals surface area contributed by atoms with Crippen molar-refractivity contribution in [3.8, 4) is 5.75 Å². The fraction of sp³-hybridized carbons (Fsp3) is 0.167. The molecule has 0 aliphatic rings. The Morgan fingerprint density at radius 2 is 1.81 bits per heavy atom. The van der Waals surface area contributed by atoms with Gasteiger partial charge in [-0.2, -0.15) is 4.52 Å². The molecule has 2 aromatic heterocycles. The van der Waals surface area contributed by atoms with Gasteiger partial charge in [0.25, 0.3) is 0 Å². The molecule has 0 bridgehead atoms. The summed E-state index contributed by atoms with van der Waals surface area (Å²) in [5, 5.41) is 17.9. The van der Waals surface area contributed by atoms with Crippen LogP contribution in [-0.2, 0) is 0 Å². The summed E-state index contributed by atoms with van der Waals surface area (Å²) in [6.45, 7) is 2.09. The first-order valence-corrected chi connectivity index (χ1v) is 9.22. The molecule has 132 valence electrons. The summed E-state index contributed by atoms with van der Waals surface area (Å²) < 4.78 is 7.01. The number of nitrogens with one attached hydrogen (secondary N) is 1. The van der Waals surface area contributed by atoms with Crippen molar-refractivity contribution >= 4 is 38.7 Å². The van der Waals surface area contributed by atoms with E-state index >= 15 is 0 Å². The highest BCUT2D eigenvalue weighted by molar-refractivity contribution is 7.20. The maximum atomic E-state index is 5.92. The van der Waals surface area contributed by atoms with Gasteiger partial charge in [-0.25, -0.2) is 0 Å². The zero-order valence-electron chi connectivity index (χ0n) is 14.2. The highest BCUT2D eigenvalue weighted by Crippen LogP contribution is 2.29. The van der Waals surface area contributed by atoms with Crippen LogP contribution in [0.5, 0.6) is 5.75 Å². The monoisotopic (exact) mass is 385 g/mol. The van der Waals surface area contributed by atoms with Crippen molar-refractivity contribution in [2.24, 2.45) is 0 Å². The molecule has 2 aromatic carbocycles. The van der Waals surface area contributed by atoms with E-state index in [0.29, 0.717) is 5.02 Å². The van der Waals surface area contributed by atoms with Crippen molar-refractivity contribution in [1.82, 2.24) is 19.8 Å². The van der Waals surface area contributed by atoms with Gasteiger partial charge in [-0.3, -0.25) is 0 Å². The van der Waals surface area contributed by atoms with Gasteiger partial charge in [0.15, 0.2) is 5.82 Å². The lowest BCUT2D eigenvalue weighted by Gasteiger charge is -2.09. The van der Waals surface area contributed by atoms with E-state index in [1.54, 1.807) is 11.6 Å². The fourth-order valence-corrected chi connectivity index (χ4v) is 3.54. The van der Waals surface area contributed by atoms with E-state index < -0.39 is 0 Å². The minimum Gasteiger partial charge on any atom is -0.497 e. The molecule has 8 heteroatoms. The number of methoxy groups -OCH3 is 1. The Labute approximate surface area is 159 Å². The maximum Gasteiger partial charge on any atom is 0.236 e. The van der Waals surface area contributed by atoms with Crippen molar-refractivity contribution in [2.75, 3.05) is 12.4 Å². The van der Waals surface area contributed by atoms with Gasteiger partial charge in [-0.1, -0.05) is 42.0 Å². The summed E-state index contributed by atoms with van der Waals surface area (Å²) in [6, 6.07) is 15.4. The van der Waals surface area contributed by atoms with Crippen LogP contribution >= 0.6 is 22.9 Å². The molecule has 2 heterocycles. The van der Waals surface area contributed by atoms with Crippen LogP contribution in [0.3, 0.4) is 0 Å². The SMILES string of the molecule is COc1ccc(C(C)c2nnc3sc(Nc4ccc(Cl)cc4)nn23)cc1. The molecule has 0 aliphatic heterocycles. The van der Waals surface area contributed by atoms with Gasteiger partial charge in [0.1, 0.15) is 5.75 Å². The molecular formula is C18H16ClN5OS. The molecule has 0 aliphatic carbocycles. The summed E-state index contributed by atoms with van der Waals surface area (Å²) in [5.74, 6) is 1.68. The summed E-state index contributed by atoms with van der Waals surface area (Å²) >= 11 is 7.37.